The highest BCUT2D eigenvalue weighted by Crippen LogP contribution is 2.30. The van der Waals surface area contributed by atoms with E-state index in [9.17, 15) is 13.2 Å². The van der Waals surface area contributed by atoms with E-state index < -0.39 is 12.2 Å². The molecule has 0 aliphatic carbocycles. The number of rotatable bonds is 2. The number of hydrogen-bond acceptors (Lipinski definition) is 2. The van der Waals surface area contributed by atoms with Crippen molar-refractivity contribution in [2.45, 2.75) is 12.2 Å². The molecule has 0 aromatic heterocycles. The van der Waals surface area contributed by atoms with Gasteiger partial charge in [-0.15, -0.1) is 12.4 Å². The molecular weight excluding hydrogens is 241 g/mol. The van der Waals surface area contributed by atoms with Crippen LogP contribution in [-0.2, 0) is 0 Å². The van der Waals surface area contributed by atoms with Gasteiger partial charge < -0.3 is 10.6 Å². The summed E-state index contributed by atoms with van der Waals surface area (Å²) in [5, 5.41) is 0. The fourth-order valence-electron chi connectivity index (χ4n) is 1.17. The van der Waals surface area contributed by atoms with E-state index in [4.69, 9.17) is 5.73 Å². The van der Waals surface area contributed by atoms with E-state index >= 15 is 0 Å². The first kappa shape index (κ1) is 15.1. The summed E-state index contributed by atoms with van der Waals surface area (Å²) in [7, 11) is 3.64. The van der Waals surface area contributed by atoms with Crippen molar-refractivity contribution < 1.29 is 13.2 Å². The van der Waals surface area contributed by atoms with Gasteiger partial charge in [0.05, 0.1) is 0 Å². The van der Waals surface area contributed by atoms with E-state index in [0.29, 0.717) is 0 Å². The molecule has 2 N–H and O–H groups in total. The van der Waals surface area contributed by atoms with Crippen LogP contribution in [0.25, 0.3) is 0 Å². The first-order valence-corrected chi connectivity index (χ1v) is 4.42. The Morgan fingerprint density at radius 1 is 1.12 bits per heavy atom. The van der Waals surface area contributed by atoms with Crippen LogP contribution in [0.5, 0.6) is 0 Å². The Morgan fingerprint density at radius 2 is 1.56 bits per heavy atom. The summed E-state index contributed by atoms with van der Waals surface area (Å²) >= 11 is 0. The van der Waals surface area contributed by atoms with Crippen molar-refractivity contribution in [2.75, 3.05) is 19.0 Å². The summed E-state index contributed by atoms with van der Waals surface area (Å²) in [5.41, 5.74) is 5.98. The predicted octanol–water partition coefficient (Wildman–Crippen LogP) is 2.74. The number of hydrogen-bond donors (Lipinski definition) is 1. The van der Waals surface area contributed by atoms with E-state index in [-0.39, 0.29) is 18.0 Å². The number of halogens is 4. The van der Waals surface area contributed by atoms with E-state index in [1.807, 2.05) is 19.0 Å². The predicted molar refractivity (Wildman–Crippen MR) is 61.0 cm³/mol. The average molecular weight is 255 g/mol. The normalized spacial score (nSPS) is 12.9. The van der Waals surface area contributed by atoms with Crippen molar-refractivity contribution in [2.24, 2.45) is 5.73 Å². The quantitative estimate of drug-likeness (QED) is 0.879. The van der Waals surface area contributed by atoms with Crippen molar-refractivity contribution >= 4 is 18.1 Å². The molecule has 0 amide bonds. The van der Waals surface area contributed by atoms with Crippen LogP contribution in [0.4, 0.5) is 18.9 Å². The smallest absolute Gasteiger partial charge is 0.378 e. The standard InChI is InChI=1S/C10H13F3N2.ClH/c1-15(2)8-5-3-7(4-6-8)9(14)10(11,12)13;/h3-6,9H,14H2,1-2H3;1H/t9-;/m1./s1. The van der Waals surface area contributed by atoms with Crippen LogP contribution in [0.15, 0.2) is 24.3 Å². The molecule has 92 valence electrons. The van der Waals surface area contributed by atoms with Gasteiger partial charge >= 0.3 is 6.18 Å². The summed E-state index contributed by atoms with van der Waals surface area (Å²) in [4.78, 5) is 1.81. The molecule has 0 unspecified atom stereocenters. The zero-order valence-corrected chi connectivity index (χ0v) is 9.77. The summed E-state index contributed by atoms with van der Waals surface area (Å²) in [5.74, 6) is 0. The number of anilines is 1. The number of benzene rings is 1. The molecule has 0 bridgehead atoms. The van der Waals surface area contributed by atoms with Crippen molar-refractivity contribution in [3.05, 3.63) is 29.8 Å². The lowest BCUT2D eigenvalue weighted by Gasteiger charge is -2.17. The van der Waals surface area contributed by atoms with Crippen molar-refractivity contribution in [3.8, 4) is 0 Å². The van der Waals surface area contributed by atoms with Gasteiger partial charge in [0.15, 0.2) is 0 Å². The van der Waals surface area contributed by atoms with Crippen LogP contribution >= 0.6 is 12.4 Å². The Balaban J connectivity index is 0.00000225. The fraction of sp³-hybridized carbons (Fsp3) is 0.400. The molecule has 2 nitrogen and oxygen atoms in total. The van der Waals surface area contributed by atoms with Gasteiger partial charge in [-0.25, -0.2) is 0 Å². The van der Waals surface area contributed by atoms with Gasteiger partial charge in [0.2, 0.25) is 0 Å². The third kappa shape index (κ3) is 3.57. The SMILES string of the molecule is CN(C)c1ccc([C@@H](N)C(F)(F)F)cc1.Cl. The van der Waals surface area contributed by atoms with Gasteiger partial charge in [-0.1, -0.05) is 12.1 Å². The molecule has 0 fully saturated rings. The lowest BCUT2D eigenvalue weighted by Crippen LogP contribution is -2.28. The minimum Gasteiger partial charge on any atom is -0.378 e. The monoisotopic (exact) mass is 254 g/mol. The first-order valence-electron chi connectivity index (χ1n) is 4.42. The number of nitrogens with zero attached hydrogens (tertiary/aromatic N) is 1. The molecule has 0 saturated heterocycles. The summed E-state index contributed by atoms with van der Waals surface area (Å²) < 4.78 is 36.8. The molecule has 0 radical (unpaired) electrons. The second-order valence-electron chi connectivity index (χ2n) is 3.51. The van der Waals surface area contributed by atoms with E-state index in [1.54, 1.807) is 12.1 Å². The molecule has 1 aromatic carbocycles. The highest BCUT2D eigenvalue weighted by atomic mass is 35.5. The van der Waals surface area contributed by atoms with Crippen molar-refractivity contribution in [1.82, 2.24) is 0 Å². The molecule has 1 aromatic rings. The first-order chi connectivity index (χ1) is 6.82. The van der Waals surface area contributed by atoms with Gasteiger partial charge in [-0.05, 0) is 17.7 Å². The second-order valence-corrected chi connectivity index (χ2v) is 3.51. The molecule has 0 aliphatic rings. The molecule has 6 heteroatoms. The minimum atomic E-state index is -4.39. The van der Waals surface area contributed by atoms with E-state index in [1.165, 1.54) is 12.1 Å². The Hall–Kier alpha value is -0.940. The molecule has 0 spiro atoms. The van der Waals surface area contributed by atoms with Gasteiger partial charge in [-0.3, -0.25) is 0 Å². The topological polar surface area (TPSA) is 29.3 Å². The Bertz CT molecular complexity index is 322. The molecule has 16 heavy (non-hydrogen) atoms. The van der Waals surface area contributed by atoms with E-state index in [2.05, 4.69) is 0 Å². The van der Waals surface area contributed by atoms with Crippen LogP contribution in [0.3, 0.4) is 0 Å². The number of nitrogens with two attached hydrogens (primary N) is 1. The second kappa shape index (κ2) is 5.41. The van der Waals surface area contributed by atoms with Crippen LogP contribution in [0.1, 0.15) is 11.6 Å². The van der Waals surface area contributed by atoms with Crippen molar-refractivity contribution in [1.29, 1.82) is 0 Å². The summed E-state index contributed by atoms with van der Waals surface area (Å²) in [6, 6.07) is 4.11. The summed E-state index contributed by atoms with van der Waals surface area (Å²) in [6.45, 7) is 0. The van der Waals surface area contributed by atoms with E-state index in [0.717, 1.165) is 5.69 Å². The third-order valence-corrected chi connectivity index (χ3v) is 2.12. The lowest BCUT2D eigenvalue weighted by molar-refractivity contribution is -0.149. The van der Waals surface area contributed by atoms with Crippen molar-refractivity contribution in [3.63, 3.8) is 0 Å². The van der Waals surface area contributed by atoms with Crippen LogP contribution in [0.2, 0.25) is 0 Å². The Morgan fingerprint density at radius 3 is 1.88 bits per heavy atom. The van der Waals surface area contributed by atoms with Crippen LogP contribution in [-0.4, -0.2) is 20.3 Å². The molecule has 1 atom stereocenters. The Labute approximate surface area is 98.6 Å². The molecular formula is C10H14ClF3N2. The zero-order chi connectivity index (χ0) is 11.6. The van der Waals surface area contributed by atoms with Gasteiger partial charge in [0.1, 0.15) is 6.04 Å². The fourth-order valence-corrected chi connectivity index (χ4v) is 1.17. The maximum Gasteiger partial charge on any atom is 0.407 e. The molecule has 1 rings (SSSR count). The number of alkyl halides is 3. The minimum absolute atomic E-state index is 0. The molecule has 0 aliphatic heterocycles. The Kier molecular flexibility index (Phi) is 5.09. The van der Waals surface area contributed by atoms with Gasteiger partial charge in [0.25, 0.3) is 0 Å². The maximum atomic E-state index is 12.3. The highest BCUT2D eigenvalue weighted by molar-refractivity contribution is 5.85. The van der Waals surface area contributed by atoms with Crippen LogP contribution < -0.4 is 10.6 Å². The van der Waals surface area contributed by atoms with Crippen LogP contribution in [0, 0.1) is 0 Å². The molecule has 0 saturated carbocycles. The van der Waals surface area contributed by atoms with Gasteiger partial charge in [0, 0.05) is 19.8 Å². The highest BCUT2D eigenvalue weighted by Gasteiger charge is 2.37. The molecule has 0 heterocycles. The zero-order valence-electron chi connectivity index (χ0n) is 8.95. The average Bonchev–Trinajstić information content (AvgIpc) is 2.15. The third-order valence-electron chi connectivity index (χ3n) is 2.12. The maximum absolute atomic E-state index is 12.3. The largest absolute Gasteiger partial charge is 0.407 e. The van der Waals surface area contributed by atoms with Gasteiger partial charge in [-0.2, -0.15) is 13.2 Å². The summed E-state index contributed by atoms with van der Waals surface area (Å²) in [6.07, 6.45) is -4.39. The lowest BCUT2D eigenvalue weighted by atomic mass is 10.1.